The van der Waals surface area contributed by atoms with Gasteiger partial charge in [-0.3, -0.25) is 0 Å². The van der Waals surface area contributed by atoms with Crippen molar-refractivity contribution in [3.05, 3.63) is 42.0 Å². The Labute approximate surface area is 150 Å². The first-order valence-corrected chi connectivity index (χ1v) is 8.27. The molecule has 0 unspecified atom stereocenters. The first kappa shape index (κ1) is 17.6. The van der Waals surface area contributed by atoms with Crippen LogP contribution < -0.4 is 9.80 Å². The molecule has 0 radical (unpaired) electrons. The molecule has 2 aromatic rings. The molecule has 3 heterocycles. The van der Waals surface area contributed by atoms with E-state index in [4.69, 9.17) is 9.84 Å². The number of aromatic nitrogens is 3. The molecule has 0 atom stereocenters. The summed E-state index contributed by atoms with van der Waals surface area (Å²) in [5.41, 5.74) is 0.362. The van der Waals surface area contributed by atoms with Gasteiger partial charge in [-0.05, 0) is 19.1 Å². The highest BCUT2D eigenvalue weighted by atomic mass is 16.5. The van der Waals surface area contributed by atoms with Gasteiger partial charge in [0.05, 0.1) is 24.6 Å². The van der Waals surface area contributed by atoms with Crippen LogP contribution >= 0.6 is 0 Å². The summed E-state index contributed by atoms with van der Waals surface area (Å²) in [4.78, 5) is 39.1. The summed E-state index contributed by atoms with van der Waals surface area (Å²) in [5, 5.41) is 8.87. The molecule has 1 aliphatic rings. The first-order chi connectivity index (χ1) is 12.6. The number of nitrogens with zero attached hydrogens (tertiary/aromatic N) is 5. The van der Waals surface area contributed by atoms with E-state index in [9.17, 15) is 9.59 Å². The van der Waals surface area contributed by atoms with Gasteiger partial charge in [-0.1, -0.05) is 0 Å². The van der Waals surface area contributed by atoms with Crippen LogP contribution in [0.4, 0.5) is 11.6 Å². The number of carbonyl (C=O) groups excluding carboxylic acids is 1. The first-order valence-electron chi connectivity index (χ1n) is 8.27. The minimum Gasteiger partial charge on any atom is -0.476 e. The molecule has 1 saturated heterocycles. The number of carbonyl (C=O) groups is 2. The molecule has 9 nitrogen and oxygen atoms in total. The van der Waals surface area contributed by atoms with Crippen LogP contribution in [0.25, 0.3) is 0 Å². The van der Waals surface area contributed by atoms with Crippen LogP contribution in [0.2, 0.25) is 0 Å². The highest BCUT2D eigenvalue weighted by Crippen LogP contribution is 2.17. The standard InChI is InChI=1S/C17H19N5O4/c1-2-26-17(25)12-3-4-14(19-9-12)21-5-7-22(8-6-21)15-11-18-13(10-20-15)16(23)24/h3-4,9-11H,2,5-8H2,1H3,(H,23,24). The van der Waals surface area contributed by atoms with E-state index in [-0.39, 0.29) is 11.7 Å². The minimum absolute atomic E-state index is 0.0710. The van der Waals surface area contributed by atoms with Gasteiger partial charge in [0.2, 0.25) is 0 Å². The van der Waals surface area contributed by atoms with E-state index in [1.54, 1.807) is 13.0 Å². The van der Waals surface area contributed by atoms with Crippen LogP contribution in [-0.2, 0) is 4.74 Å². The van der Waals surface area contributed by atoms with Crippen molar-refractivity contribution in [1.82, 2.24) is 15.0 Å². The van der Waals surface area contributed by atoms with Crippen LogP contribution in [0.15, 0.2) is 30.7 Å². The van der Waals surface area contributed by atoms with Gasteiger partial charge in [-0.25, -0.2) is 24.5 Å². The zero-order valence-corrected chi connectivity index (χ0v) is 14.3. The second kappa shape index (κ2) is 7.77. The van der Waals surface area contributed by atoms with Gasteiger partial charge >= 0.3 is 11.9 Å². The van der Waals surface area contributed by atoms with Crippen LogP contribution in [0.5, 0.6) is 0 Å². The molecule has 26 heavy (non-hydrogen) atoms. The molecule has 0 bridgehead atoms. The van der Waals surface area contributed by atoms with Gasteiger partial charge in [0.15, 0.2) is 5.69 Å². The Morgan fingerprint density at radius 2 is 1.65 bits per heavy atom. The summed E-state index contributed by atoms with van der Waals surface area (Å²) < 4.78 is 4.95. The number of hydrogen-bond acceptors (Lipinski definition) is 8. The Hall–Kier alpha value is -3.23. The smallest absolute Gasteiger partial charge is 0.356 e. The van der Waals surface area contributed by atoms with E-state index in [1.807, 2.05) is 11.0 Å². The summed E-state index contributed by atoms with van der Waals surface area (Å²) in [5.74, 6) is -0.0174. The van der Waals surface area contributed by atoms with Gasteiger partial charge in [0, 0.05) is 32.4 Å². The Morgan fingerprint density at radius 1 is 1.00 bits per heavy atom. The van der Waals surface area contributed by atoms with Crippen molar-refractivity contribution in [2.45, 2.75) is 6.92 Å². The zero-order valence-electron chi connectivity index (χ0n) is 14.3. The van der Waals surface area contributed by atoms with Crippen LogP contribution in [0, 0.1) is 0 Å². The van der Waals surface area contributed by atoms with E-state index in [1.165, 1.54) is 18.6 Å². The Kier molecular flexibility index (Phi) is 5.26. The minimum atomic E-state index is -1.09. The molecular weight excluding hydrogens is 338 g/mol. The van der Waals surface area contributed by atoms with Crippen molar-refractivity contribution in [3.8, 4) is 0 Å². The number of hydrogen-bond donors (Lipinski definition) is 1. The van der Waals surface area contributed by atoms with Crippen molar-refractivity contribution in [2.24, 2.45) is 0 Å². The summed E-state index contributed by atoms with van der Waals surface area (Å²) in [6.07, 6.45) is 4.26. The van der Waals surface area contributed by atoms with Crippen molar-refractivity contribution < 1.29 is 19.4 Å². The molecule has 1 aliphatic heterocycles. The van der Waals surface area contributed by atoms with Crippen molar-refractivity contribution in [2.75, 3.05) is 42.6 Å². The summed E-state index contributed by atoms with van der Waals surface area (Å²) >= 11 is 0. The SMILES string of the molecule is CCOC(=O)c1ccc(N2CCN(c3cnc(C(=O)O)cn3)CC2)nc1. The number of rotatable bonds is 5. The van der Waals surface area contributed by atoms with E-state index in [0.29, 0.717) is 31.1 Å². The molecule has 9 heteroatoms. The third-order valence-corrected chi connectivity index (χ3v) is 4.04. The van der Waals surface area contributed by atoms with Crippen molar-refractivity contribution in [3.63, 3.8) is 0 Å². The van der Waals surface area contributed by atoms with E-state index in [2.05, 4.69) is 19.9 Å². The fraction of sp³-hybridized carbons (Fsp3) is 0.353. The molecule has 0 saturated carbocycles. The number of carboxylic acid groups (broad SMARTS) is 1. The predicted molar refractivity (Wildman–Crippen MR) is 93.6 cm³/mol. The zero-order chi connectivity index (χ0) is 18.5. The maximum Gasteiger partial charge on any atom is 0.356 e. The van der Waals surface area contributed by atoms with Crippen LogP contribution in [0.3, 0.4) is 0 Å². The summed E-state index contributed by atoms with van der Waals surface area (Å²) in [6.45, 7) is 4.98. The average molecular weight is 357 g/mol. The number of esters is 1. The normalized spacial score (nSPS) is 14.2. The quantitative estimate of drug-likeness (QED) is 0.786. The Bertz CT molecular complexity index is 771. The largest absolute Gasteiger partial charge is 0.476 e. The van der Waals surface area contributed by atoms with Gasteiger partial charge in [-0.2, -0.15) is 0 Å². The lowest BCUT2D eigenvalue weighted by molar-refractivity contribution is 0.0525. The Balaban J connectivity index is 1.59. The number of aromatic carboxylic acids is 1. The molecule has 3 rings (SSSR count). The number of piperazine rings is 1. The van der Waals surface area contributed by atoms with Crippen LogP contribution in [0.1, 0.15) is 27.8 Å². The lowest BCUT2D eigenvalue weighted by Gasteiger charge is -2.35. The molecule has 0 amide bonds. The van der Waals surface area contributed by atoms with Gasteiger partial charge in [-0.15, -0.1) is 0 Å². The number of carboxylic acids is 1. The van der Waals surface area contributed by atoms with Gasteiger partial charge < -0.3 is 19.6 Å². The Morgan fingerprint density at radius 3 is 2.15 bits per heavy atom. The molecule has 0 spiro atoms. The van der Waals surface area contributed by atoms with Gasteiger partial charge in [0.25, 0.3) is 0 Å². The van der Waals surface area contributed by atoms with E-state index >= 15 is 0 Å². The van der Waals surface area contributed by atoms with Crippen molar-refractivity contribution in [1.29, 1.82) is 0 Å². The van der Waals surface area contributed by atoms with E-state index < -0.39 is 5.97 Å². The maximum absolute atomic E-state index is 11.7. The highest BCUT2D eigenvalue weighted by molar-refractivity contribution is 5.89. The second-order valence-corrected chi connectivity index (χ2v) is 5.66. The summed E-state index contributed by atoms with van der Waals surface area (Å²) in [7, 11) is 0. The number of ether oxygens (including phenoxy) is 1. The fourth-order valence-corrected chi connectivity index (χ4v) is 2.67. The molecule has 0 aromatic carbocycles. The molecule has 0 aliphatic carbocycles. The average Bonchev–Trinajstić information content (AvgIpc) is 2.68. The number of pyridine rings is 1. The lowest BCUT2D eigenvalue weighted by Crippen LogP contribution is -2.47. The fourth-order valence-electron chi connectivity index (χ4n) is 2.67. The lowest BCUT2D eigenvalue weighted by atomic mass is 10.2. The van der Waals surface area contributed by atoms with Crippen molar-refractivity contribution >= 4 is 23.6 Å². The van der Waals surface area contributed by atoms with E-state index in [0.717, 1.165) is 18.9 Å². The molecule has 1 N–H and O–H groups in total. The second-order valence-electron chi connectivity index (χ2n) is 5.66. The maximum atomic E-state index is 11.7. The summed E-state index contributed by atoms with van der Waals surface area (Å²) in [6, 6.07) is 3.52. The highest BCUT2D eigenvalue weighted by Gasteiger charge is 2.20. The third-order valence-electron chi connectivity index (χ3n) is 4.04. The topological polar surface area (TPSA) is 109 Å². The molecule has 2 aromatic heterocycles. The molecular formula is C17H19N5O4. The molecule has 136 valence electrons. The predicted octanol–water partition coefficient (Wildman–Crippen LogP) is 1.07. The monoisotopic (exact) mass is 357 g/mol. The van der Waals surface area contributed by atoms with Crippen LogP contribution in [-0.4, -0.2) is 64.8 Å². The third kappa shape index (κ3) is 3.88. The molecule has 1 fully saturated rings. The number of anilines is 2. The van der Waals surface area contributed by atoms with Gasteiger partial charge in [0.1, 0.15) is 11.6 Å².